The Morgan fingerprint density at radius 1 is 1.30 bits per heavy atom. The van der Waals surface area contributed by atoms with E-state index < -0.39 is 5.97 Å². The van der Waals surface area contributed by atoms with Gasteiger partial charge < -0.3 is 15.2 Å². The van der Waals surface area contributed by atoms with Gasteiger partial charge in [0.15, 0.2) is 11.5 Å². The van der Waals surface area contributed by atoms with Crippen LogP contribution < -0.4 is 15.2 Å². The minimum absolute atomic E-state index is 0.142. The number of anilines is 1. The fourth-order valence-electron chi connectivity index (χ4n) is 2.36. The van der Waals surface area contributed by atoms with Gasteiger partial charge in [-0.3, -0.25) is 0 Å². The summed E-state index contributed by atoms with van der Waals surface area (Å²) < 4.78 is 12.2. The van der Waals surface area contributed by atoms with Crippen LogP contribution in [0.2, 0.25) is 5.02 Å². The van der Waals surface area contributed by atoms with E-state index in [9.17, 15) is 4.79 Å². The van der Waals surface area contributed by atoms with Crippen LogP contribution in [-0.4, -0.2) is 29.0 Å². The van der Waals surface area contributed by atoms with E-state index in [1.807, 2.05) is 13.0 Å². The van der Waals surface area contributed by atoms with Crippen molar-refractivity contribution in [2.24, 2.45) is 5.10 Å². The second-order valence-electron chi connectivity index (χ2n) is 5.62. The Labute approximate surface area is 161 Å². The Balaban J connectivity index is 1.87. The number of rotatable bonds is 5. The number of carbonyl (C=O) groups is 1. The summed E-state index contributed by atoms with van der Waals surface area (Å²) in [5.74, 6) is 0.195. The van der Waals surface area contributed by atoms with E-state index in [2.05, 4.69) is 10.1 Å². The predicted octanol–water partition coefficient (Wildman–Crippen LogP) is 3.54. The van der Waals surface area contributed by atoms with Crippen LogP contribution in [-0.2, 0) is 0 Å². The van der Waals surface area contributed by atoms with E-state index in [-0.39, 0.29) is 16.7 Å². The summed E-state index contributed by atoms with van der Waals surface area (Å²) in [4.78, 5) is 16.4. The number of carbonyl (C=O) groups excluding carboxylic acids is 1. The number of hydrogen-bond acceptors (Lipinski definition) is 6. The minimum atomic E-state index is -0.529. The fourth-order valence-corrected chi connectivity index (χ4v) is 2.62. The molecule has 7 nitrogen and oxygen atoms in total. The maximum absolute atomic E-state index is 12.3. The number of nitrogens with two attached hydrogens (primary N) is 1. The number of imidazole rings is 1. The number of hydrogen-bond donors (Lipinski definition) is 1. The summed E-state index contributed by atoms with van der Waals surface area (Å²) >= 11 is 6.30. The van der Waals surface area contributed by atoms with Gasteiger partial charge in [0, 0.05) is 0 Å². The SMILES string of the molecule is COc1cc(C=Nn2cc(C)nc2N)cc(Cl)c1OC(=O)c1ccccc1. The first-order valence-electron chi connectivity index (χ1n) is 7.98. The third-order valence-corrected chi connectivity index (χ3v) is 3.90. The molecule has 27 heavy (non-hydrogen) atoms. The molecule has 2 aromatic carbocycles. The van der Waals surface area contributed by atoms with Crippen molar-refractivity contribution in [1.82, 2.24) is 9.66 Å². The number of esters is 1. The van der Waals surface area contributed by atoms with Crippen molar-refractivity contribution < 1.29 is 14.3 Å². The van der Waals surface area contributed by atoms with Crippen LogP contribution in [0.15, 0.2) is 53.8 Å². The van der Waals surface area contributed by atoms with Gasteiger partial charge in [-0.25, -0.2) is 14.5 Å². The first-order chi connectivity index (χ1) is 13.0. The van der Waals surface area contributed by atoms with Crippen LogP contribution in [0, 0.1) is 6.92 Å². The average molecular weight is 385 g/mol. The van der Waals surface area contributed by atoms with Gasteiger partial charge in [-0.15, -0.1) is 0 Å². The molecule has 0 unspecified atom stereocenters. The zero-order valence-corrected chi connectivity index (χ0v) is 15.5. The van der Waals surface area contributed by atoms with Crippen LogP contribution in [0.1, 0.15) is 21.6 Å². The standard InChI is InChI=1S/C19H17ClN4O3/c1-12-11-24(19(21)23-12)22-10-13-8-15(20)17(16(9-13)26-2)27-18(25)14-6-4-3-5-7-14/h3-11H,1-2H3,(H2,21,23). The summed E-state index contributed by atoms with van der Waals surface area (Å²) in [5, 5.41) is 4.45. The van der Waals surface area contributed by atoms with Gasteiger partial charge in [0.1, 0.15) is 0 Å². The third kappa shape index (κ3) is 4.27. The highest BCUT2D eigenvalue weighted by Gasteiger charge is 2.17. The summed E-state index contributed by atoms with van der Waals surface area (Å²) in [6, 6.07) is 11.9. The van der Waals surface area contributed by atoms with E-state index in [0.717, 1.165) is 5.69 Å². The second kappa shape index (κ2) is 7.92. The molecule has 0 atom stereocenters. The Kier molecular flexibility index (Phi) is 5.42. The monoisotopic (exact) mass is 384 g/mol. The van der Waals surface area contributed by atoms with Gasteiger partial charge in [-0.1, -0.05) is 29.8 Å². The largest absolute Gasteiger partial charge is 0.493 e. The molecule has 0 aliphatic rings. The molecule has 1 heterocycles. The number of aryl methyl sites for hydroxylation is 1. The van der Waals surface area contributed by atoms with E-state index >= 15 is 0 Å². The first-order valence-corrected chi connectivity index (χ1v) is 8.36. The van der Waals surface area contributed by atoms with Crippen LogP contribution in [0.3, 0.4) is 0 Å². The number of benzene rings is 2. The van der Waals surface area contributed by atoms with Crippen LogP contribution in [0.5, 0.6) is 11.5 Å². The lowest BCUT2D eigenvalue weighted by atomic mass is 10.2. The van der Waals surface area contributed by atoms with Crippen molar-refractivity contribution in [2.75, 3.05) is 12.8 Å². The summed E-state index contributed by atoms with van der Waals surface area (Å²) in [7, 11) is 1.46. The molecule has 8 heteroatoms. The van der Waals surface area contributed by atoms with Crippen molar-refractivity contribution >= 4 is 29.7 Å². The molecule has 0 spiro atoms. The lowest BCUT2D eigenvalue weighted by Crippen LogP contribution is -2.09. The molecule has 2 N–H and O–H groups in total. The Morgan fingerprint density at radius 2 is 2.04 bits per heavy atom. The van der Waals surface area contributed by atoms with E-state index in [0.29, 0.717) is 16.9 Å². The molecule has 0 fully saturated rings. The lowest BCUT2D eigenvalue weighted by molar-refractivity contribution is 0.0730. The van der Waals surface area contributed by atoms with Crippen molar-refractivity contribution in [2.45, 2.75) is 6.92 Å². The van der Waals surface area contributed by atoms with Gasteiger partial charge in [0.2, 0.25) is 5.95 Å². The summed E-state index contributed by atoms with van der Waals surface area (Å²) in [6.07, 6.45) is 3.25. The molecular weight excluding hydrogens is 368 g/mol. The lowest BCUT2D eigenvalue weighted by Gasteiger charge is -2.12. The highest BCUT2D eigenvalue weighted by Crippen LogP contribution is 2.36. The molecule has 0 saturated heterocycles. The normalized spacial score (nSPS) is 10.9. The van der Waals surface area contributed by atoms with Crippen LogP contribution in [0.4, 0.5) is 5.95 Å². The smallest absolute Gasteiger partial charge is 0.343 e. The Morgan fingerprint density at radius 3 is 2.67 bits per heavy atom. The number of halogens is 1. The molecule has 1 aromatic heterocycles. The van der Waals surface area contributed by atoms with Crippen LogP contribution >= 0.6 is 11.6 Å². The summed E-state index contributed by atoms with van der Waals surface area (Å²) in [6.45, 7) is 1.82. The van der Waals surface area contributed by atoms with Gasteiger partial charge in [0.05, 0.1) is 35.8 Å². The maximum Gasteiger partial charge on any atom is 0.343 e. The zero-order valence-electron chi connectivity index (χ0n) is 14.7. The van der Waals surface area contributed by atoms with Crippen molar-refractivity contribution in [3.8, 4) is 11.5 Å². The van der Waals surface area contributed by atoms with Crippen molar-refractivity contribution in [3.05, 3.63) is 70.5 Å². The highest BCUT2D eigenvalue weighted by molar-refractivity contribution is 6.32. The number of nitrogen functional groups attached to an aromatic ring is 1. The second-order valence-corrected chi connectivity index (χ2v) is 6.03. The van der Waals surface area contributed by atoms with E-state index in [4.69, 9.17) is 26.8 Å². The summed E-state index contributed by atoms with van der Waals surface area (Å²) in [5.41, 5.74) is 7.56. The Hall–Kier alpha value is -3.32. The number of aromatic nitrogens is 2. The number of methoxy groups -OCH3 is 1. The Bertz CT molecular complexity index is 1000. The first kappa shape index (κ1) is 18.5. The average Bonchev–Trinajstić information content (AvgIpc) is 2.99. The minimum Gasteiger partial charge on any atom is -0.493 e. The fraction of sp³-hybridized carbons (Fsp3) is 0.105. The molecule has 0 amide bonds. The molecule has 0 aliphatic carbocycles. The molecular formula is C19H17ClN4O3. The van der Waals surface area contributed by atoms with E-state index in [1.54, 1.807) is 48.8 Å². The quantitative estimate of drug-likeness (QED) is 0.412. The van der Waals surface area contributed by atoms with Crippen molar-refractivity contribution in [3.63, 3.8) is 0 Å². The van der Waals surface area contributed by atoms with Gasteiger partial charge in [-0.05, 0) is 36.8 Å². The van der Waals surface area contributed by atoms with Gasteiger partial charge >= 0.3 is 5.97 Å². The topological polar surface area (TPSA) is 91.7 Å². The molecule has 0 aliphatic heterocycles. The van der Waals surface area contributed by atoms with Gasteiger partial charge in [-0.2, -0.15) is 5.10 Å². The maximum atomic E-state index is 12.3. The number of nitrogens with zero attached hydrogens (tertiary/aromatic N) is 3. The predicted molar refractivity (Wildman–Crippen MR) is 104 cm³/mol. The molecule has 3 rings (SSSR count). The molecule has 0 saturated carbocycles. The molecule has 0 radical (unpaired) electrons. The van der Waals surface area contributed by atoms with Gasteiger partial charge in [0.25, 0.3) is 0 Å². The zero-order chi connectivity index (χ0) is 19.4. The van der Waals surface area contributed by atoms with Crippen LogP contribution in [0.25, 0.3) is 0 Å². The third-order valence-electron chi connectivity index (χ3n) is 3.62. The molecule has 138 valence electrons. The highest BCUT2D eigenvalue weighted by atomic mass is 35.5. The van der Waals surface area contributed by atoms with E-state index in [1.165, 1.54) is 11.8 Å². The van der Waals surface area contributed by atoms with Crippen molar-refractivity contribution in [1.29, 1.82) is 0 Å². The number of ether oxygens (including phenoxy) is 2. The molecule has 0 bridgehead atoms. The molecule has 3 aromatic rings.